The van der Waals surface area contributed by atoms with Crippen LogP contribution in [0.15, 0.2) is 60.8 Å². The first-order valence-corrected chi connectivity index (χ1v) is 9.52. The molecule has 6 heteroatoms. The Morgan fingerprint density at radius 2 is 2.00 bits per heavy atom. The Morgan fingerprint density at radius 3 is 2.76 bits per heavy atom. The van der Waals surface area contributed by atoms with E-state index in [1.165, 1.54) is 0 Å². The number of hydrogen-bond acceptors (Lipinski definition) is 4. The second-order valence-corrected chi connectivity index (χ2v) is 7.18. The Labute approximate surface area is 169 Å². The van der Waals surface area contributed by atoms with Crippen LogP contribution in [0.25, 0.3) is 0 Å². The van der Waals surface area contributed by atoms with Gasteiger partial charge in [-0.15, -0.1) is 0 Å². The van der Waals surface area contributed by atoms with Gasteiger partial charge in [0.2, 0.25) is 5.91 Å². The molecule has 0 saturated heterocycles. The number of nitrogens with zero attached hydrogens (tertiary/aromatic N) is 2. The number of nitrogens with two attached hydrogens (primary N) is 1. The molecule has 0 atom stereocenters. The number of amides is 2. The molecule has 29 heavy (non-hydrogen) atoms. The fourth-order valence-electron chi connectivity index (χ4n) is 3.58. The lowest BCUT2D eigenvalue weighted by Gasteiger charge is -2.17. The van der Waals surface area contributed by atoms with Crippen molar-refractivity contribution in [2.45, 2.75) is 19.8 Å². The summed E-state index contributed by atoms with van der Waals surface area (Å²) in [5.41, 5.74) is 11.2. The molecule has 0 saturated carbocycles. The van der Waals surface area contributed by atoms with E-state index >= 15 is 0 Å². The molecule has 1 aromatic heterocycles. The molecule has 1 aliphatic rings. The molecule has 6 nitrogen and oxygen atoms in total. The van der Waals surface area contributed by atoms with Crippen LogP contribution >= 0.6 is 0 Å². The van der Waals surface area contributed by atoms with E-state index in [0.717, 1.165) is 28.9 Å². The minimum absolute atomic E-state index is 0.0201. The van der Waals surface area contributed by atoms with Gasteiger partial charge in [0.25, 0.3) is 5.91 Å². The maximum atomic E-state index is 12.7. The molecule has 4 rings (SSSR count). The summed E-state index contributed by atoms with van der Waals surface area (Å²) in [6.45, 7) is 2.56. The standard InChI is InChI=1S/C23H22N4O2/c1-15-5-7-19(20(24)12-15)23(29)26-18-6-8-21-16(13-18)9-11-27(21)22(28)14-17-4-2-3-10-25-17/h2-8,10,12-13H,9,11,14,24H2,1H3,(H,26,29). The number of pyridine rings is 1. The number of fused-ring (bicyclic) bond motifs is 1. The van der Waals surface area contributed by atoms with E-state index in [-0.39, 0.29) is 18.2 Å². The second kappa shape index (κ2) is 7.75. The van der Waals surface area contributed by atoms with Gasteiger partial charge in [0.15, 0.2) is 0 Å². The number of carbonyl (C=O) groups excluding carboxylic acids is 2. The van der Waals surface area contributed by atoms with Crippen LogP contribution in [0.2, 0.25) is 0 Å². The van der Waals surface area contributed by atoms with Gasteiger partial charge in [0.1, 0.15) is 0 Å². The van der Waals surface area contributed by atoms with Crippen LogP contribution in [0.5, 0.6) is 0 Å². The highest BCUT2D eigenvalue weighted by Gasteiger charge is 2.25. The zero-order valence-corrected chi connectivity index (χ0v) is 16.2. The average Bonchev–Trinajstić information content (AvgIpc) is 3.12. The molecule has 2 amide bonds. The third-order valence-electron chi connectivity index (χ3n) is 5.04. The lowest BCUT2D eigenvalue weighted by Crippen LogP contribution is -2.30. The molecule has 3 N–H and O–H groups in total. The van der Waals surface area contributed by atoms with Crippen LogP contribution in [-0.2, 0) is 17.6 Å². The number of hydrogen-bond donors (Lipinski definition) is 2. The highest BCUT2D eigenvalue weighted by Crippen LogP contribution is 2.31. The van der Waals surface area contributed by atoms with Gasteiger partial charge in [-0.3, -0.25) is 14.6 Å². The van der Waals surface area contributed by atoms with Crippen molar-refractivity contribution in [3.05, 3.63) is 83.2 Å². The first-order valence-electron chi connectivity index (χ1n) is 9.52. The smallest absolute Gasteiger partial charge is 0.257 e. The minimum Gasteiger partial charge on any atom is -0.398 e. The number of anilines is 3. The Morgan fingerprint density at radius 1 is 1.14 bits per heavy atom. The molecular weight excluding hydrogens is 364 g/mol. The summed E-state index contributed by atoms with van der Waals surface area (Å²) in [7, 11) is 0. The molecule has 2 aromatic carbocycles. The van der Waals surface area contributed by atoms with E-state index in [1.807, 2.05) is 49.4 Å². The van der Waals surface area contributed by atoms with Crippen molar-refractivity contribution >= 4 is 28.9 Å². The van der Waals surface area contributed by atoms with Gasteiger partial charge in [-0.25, -0.2) is 0 Å². The number of nitrogens with one attached hydrogen (secondary N) is 1. The molecule has 0 spiro atoms. The molecule has 0 aliphatic carbocycles. The predicted molar refractivity (Wildman–Crippen MR) is 114 cm³/mol. The summed E-state index contributed by atoms with van der Waals surface area (Å²) in [5, 5.41) is 2.90. The largest absolute Gasteiger partial charge is 0.398 e. The van der Waals surface area contributed by atoms with Crippen molar-refractivity contribution in [1.29, 1.82) is 0 Å². The summed E-state index contributed by atoms with van der Waals surface area (Å²) in [6.07, 6.45) is 2.71. The summed E-state index contributed by atoms with van der Waals surface area (Å²) >= 11 is 0. The van der Waals surface area contributed by atoms with E-state index in [2.05, 4.69) is 10.3 Å². The SMILES string of the molecule is Cc1ccc(C(=O)Nc2ccc3c(c2)CCN3C(=O)Cc2ccccn2)c(N)c1. The van der Waals surface area contributed by atoms with Crippen molar-refractivity contribution in [3.8, 4) is 0 Å². The van der Waals surface area contributed by atoms with Crippen LogP contribution in [0, 0.1) is 6.92 Å². The lowest BCUT2D eigenvalue weighted by molar-refractivity contribution is -0.117. The molecule has 146 valence electrons. The zero-order valence-electron chi connectivity index (χ0n) is 16.2. The van der Waals surface area contributed by atoms with Crippen LogP contribution in [-0.4, -0.2) is 23.3 Å². The van der Waals surface area contributed by atoms with E-state index in [4.69, 9.17) is 5.73 Å². The maximum absolute atomic E-state index is 12.7. The Balaban J connectivity index is 1.48. The van der Waals surface area contributed by atoms with Gasteiger partial charge in [0, 0.05) is 35.5 Å². The molecule has 0 unspecified atom stereocenters. The van der Waals surface area contributed by atoms with E-state index in [0.29, 0.717) is 23.5 Å². The van der Waals surface area contributed by atoms with Crippen LogP contribution in [0.3, 0.4) is 0 Å². The first-order chi connectivity index (χ1) is 14.0. The minimum atomic E-state index is -0.247. The van der Waals surface area contributed by atoms with Gasteiger partial charge in [-0.1, -0.05) is 12.1 Å². The summed E-state index contributed by atoms with van der Waals surface area (Å²) in [6, 6.07) is 16.5. The van der Waals surface area contributed by atoms with Gasteiger partial charge < -0.3 is 16.0 Å². The van der Waals surface area contributed by atoms with Crippen molar-refractivity contribution in [1.82, 2.24) is 4.98 Å². The van der Waals surface area contributed by atoms with Crippen molar-refractivity contribution in [2.24, 2.45) is 0 Å². The predicted octanol–water partition coefficient (Wildman–Crippen LogP) is 3.36. The summed E-state index contributed by atoms with van der Waals surface area (Å²) in [4.78, 5) is 31.3. The number of benzene rings is 2. The van der Waals surface area contributed by atoms with Crippen LogP contribution in [0.1, 0.15) is 27.2 Å². The number of rotatable bonds is 4. The molecule has 1 aliphatic heterocycles. The molecule has 0 bridgehead atoms. The lowest BCUT2D eigenvalue weighted by atomic mass is 10.1. The fraction of sp³-hybridized carbons (Fsp3) is 0.174. The van der Waals surface area contributed by atoms with Gasteiger partial charge in [-0.2, -0.15) is 0 Å². The van der Waals surface area contributed by atoms with Gasteiger partial charge in [0.05, 0.1) is 12.0 Å². The normalized spacial score (nSPS) is 12.5. The van der Waals surface area contributed by atoms with E-state index in [9.17, 15) is 9.59 Å². The molecule has 2 heterocycles. The van der Waals surface area contributed by atoms with Gasteiger partial charge in [-0.05, 0) is 66.9 Å². The molecule has 0 radical (unpaired) electrons. The first kappa shape index (κ1) is 18.7. The number of carbonyl (C=O) groups is 2. The van der Waals surface area contributed by atoms with Crippen LogP contribution in [0.4, 0.5) is 17.1 Å². The molecule has 0 fully saturated rings. The number of aryl methyl sites for hydroxylation is 1. The monoisotopic (exact) mass is 386 g/mol. The maximum Gasteiger partial charge on any atom is 0.257 e. The number of nitrogen functional groups attached to an aromatic ring is 1. The van der Waals surface area contributed by atoms with E-state index in [1.54, 1.807) is 23.2 Å². The third kappa shape index (κ3) is 3.96. The highest BCUT2D eigenvalue weighted by atomic mass is 16.2. The Kier molecular flexibility index (Phi) is 4.99. The number of aromatic nitrogens is 1. The second-order valence-electron chi connectivity index (χ2n) is 7.18. The van der Waals surface area contributed by atoms with Crippen molar-refractivity contribution < 1.29 is 9.59 Å². The van der Waals surface area contributed by atoms with Crippen molar-refractivity contribution in [2.75, 3.05) is 22.5 Å². The average molecular weight is 386 g/mol. The molecule has 3 aromatic rings. The highest BCUT2D eigenvalue weighted by molar-refractivity contribution is 6.08. The van der Waals surface area contributed by atoms with Gasteiger partial charge >= 0.3 is 0 Å². The molecular formula is C23H22N4O2. The topological polar surface area (TPSA) is 88.3 Å². The Hall–Kier alpha value is -3.67. The zero-order chi connectivity index (χ0) is 20.4. The van der Waals surface area contributed by atoms with Crippen LogP contribution < -0.4 is 16.0 Å². The fourth-order valence-corrected chi connectivity index (χ4v) is 3.58. The Bertz CT molecular complexity index is 1080. The quantitative estimate of drug-likeness (QED) is 0.673. The summed E-state index contributed by atoms with van der Waals surface area (Å²) in [5.74, 6) is -0.227. The third-order valence-corrected chi connectivity index (χ3v) is 5.04. The summed E-state index contributed by atoms with van der Waals surface area (Å²) < 4.78 is 0. The van der Waals surface area contributed by atoms with E-state index < -0.39 is 0 Å². The van der Waals surface area contributed by atoms with Crippen molar-refractivity contribution in [3.63, 3.8) is 0 Å².